The van der Waals surface area contributed by atoms with Gasteiger partial charge >= 0.3 is 0 Å². The van der Waals surface area contributed by atoms with Crippen LogP contribution in [-0.4, -0.2) is 23.4 Å². The van der Waals surface area contributed by atoms with E-state index in [2.05, 4.69) is 5.32 Å². The van der Waals surface area contributed by atoms with Gasteiger partial charge in [0.05, 0.1) is 11.0 Å². The van der Waals surface area contributed by atoms with E-state index in [1.165, 1.54) is 0 Å². The SMILES string of the molecule is CC(N)CCNC(=O)c1ccc(F)cc1[N+](=O)[O-]. The summed E-state index contributed by atoms with van der Waals surface area (Å²) in [5.74, 6) is -1.36. The van der Waals surface area contributed by atoms with Gasteiger partial charge in [0, 0.05) is 12.6 Å². The van der Waals surface area contributed by atoms with Crippen molar-refractivity contribution in [2.75, 3.05) is 6.54 Å². The number of benzene rings is 1. The largest absolute Gasteiger partial charge is 0.352 e. The van der Waals surface area contributed by atoms with Gasteiger partial charge in [0.2, 0.25) is 0 Å². The minimum atomic E-state index is -0.788. The Morgan fingerprint density at radius 2 is 2.28 bits per heavy atom. The Morgan fingerprint density at radius 3 is 2.83 bits per heavy atom. The van der Waals surface area contributed by atoms with E-state index >= 15 is 0 Å². The summed E-state index contributed by atoms with van der Waals surface area (Å²) >= 11 is 0. The summed E-state index contributed by atoms with van der Waals surface area (Å²) in [4.78, 5) is 21.6. The number of hydrogen-bond acceptors (Lipinski definition) is 4. The van der Waals surface area contributed by atoms with Gasteiger partial charge in [0.1, 0.15) is 11.4 Å². The number of nitrogens with zero attached hydrogens (tertiary/aromatic N) is 1. The van der Waals surface area contributed by atoms with Crippen molar-refractivity contribution in [2.24, 2.45) is 5.73 Å². The molecule has 18 heavy (non-hydrogen) atoms. The molecular formula is C11H14FN3O3. The number of nitro benzene ring substituents is 1. The average Bonchev–Trinajstić information content (AvgIpc) is 2.28. The highest BCUT2D eigenvalue weighted by molar-refractivity contribution is 5.98. The van der Waals surface area contributed by atoms with Crippen molar-refractivity contribution in [1.29, 1.82) is 0 Å². The highest BCUT2D eigenvalue weighted by atomic mass is 19.1. The van der Waals surface area contributed by atoms with Crippen LogP contribution in [0, 0.1) is 15.9 Å². The molecule has 0 aromatic heterocycles. The zero-order chi connectivity index (χ0) is 13.7. The van der Waals surface area contributed by atoms with Gasteiger partial charge in [-0.15, -0.1) is 0 Å². The molecule has 0 heterocycles. The second-order valence-corrected chi connectivity index (χ2v) is 3.94. The third kappa shape index (κ3) is 3.77. The monoisotopic (exact) mass is 255 g/mol. The van der Waals surface area contributed by atoms with E-state index in [9.17, 15) is 19.3 Å². The number of amides is 1. The molecule has 0 saturated heterocycles. The molecule has 1 rings (SSSR count). The maximum Gasteiger partial charge on any atom is 0.285 e. The zero-order valence-corrected chi connectivity index (χ0v) is 9.85. The lowest BCUT2D eigenvalue weighted by Crippen LogP contribution is -2.29. The van der Waals surface area contributed by atoms with Crippen molar-refractivity contribution < 1.29 is 14.1 Å². The molecule has 0 bridgehead atoms. The summed E-state index contributed by atoms with van der Waals surface area (Å²) < 4.78 is 12.9. The number of carbonyl (C=O) groups is 1. The lowest BCUT2D eigenvalue weighted by Gasteiger charge is -2.07. The Hall–Kier alpha value is -2.02. The second-order valence-electron chi connectivity index (χ2n) is 3.94. The van der Waals surface area contributed by atoms with Gasteiger partial charge in [0.15, 0.2) is 0 Å². The molecule has 1 unspecified atom stereocenters. The first-order valence-electron chi connectivity index (χ1n) is 5.39. The molecule has 0 saturated carbocycles. The van der Waals surface area contributed by atoms with Gasteiger partial charge in [-0.25, -0.2) is 4.39 Å². The first-order chi connectivity index (χ1) is 8.41. The number of nitrogens with one attached hydrogen (secondary N) is 1. The van der Waals surface area contributed by atoms with E-state index in [1.54, 1.807) is 6.92 Å². The van der Waals surface area contributed by atoms with E-state index in [1.807, 2.05) is 0 Å². The summed E-state index contributed by atoms with van der Waals surface area (Å²) in [6.07, 6.45) is 0.556. The summed E-state index contributed by atoms with van der Waals surface area (Å²) in [6, 6.07) is 2.75. The molecule has 0 aliphatic heterocycles. The molecule has 1 atom stereocenters. The van der Waals surface area contributed by atoms with Gasteiger partial charge < -0.3 is 11.1 Å². The number of hydrogen-bond donors (Lipinski definition) is 2. The molecule has 98 valence electrons. The van der Waals surface area contributed by atoms with Crippen LogP contribution in [0.1, 0.15) is 23.7 Å². The predicted molar refractivity (Wildman–Crippen MR) is 63.7 cm³/mol. The van der Waals surface area contributed by atoms with Crippen LogP contribution in [0.3, 0.4) is 0 Å². The van der Waals surface area contributed by atoms with Crippen LogP contribution < -0.4 is 11.1 Å². The molecule has 3 N–H and O–H groups in total. The van der Waals surface area contributed by atoms with E-state index in [0.717, 1.165) is 18.2 Å². The summed E-state index contributed by atoms with van der Waals surface area (Å²) in [6.45, 7) is 2.09. The van der Waals surface area contributed by atoms with Crippen LogP contribution in [0.4, 0.5) is 10.1 Å². The number of nitrogens with two attached hydrogens (primary N) is 1. The van der Waals surface area contributed by atoms with Crippen molar-refractivity contribution in [2.45, 2.75) is 19.4 Å². The topological polar surface area (TPSA) is 98.3 Å². The molecule has 0 spiro atoms. The molecule has 0 fully saturated rings. The fourth-order valence-corrected chi connectivity index (χ4v) is 1.36. The standard InChI is InChI=1S/C11H14FN3O3/c1-7(13)4-5-14-11(16)9-3-2-8(12)6-10(9)15(17)18/h2-3,6-7H,4-5,13H2,1H3,(H,14,16). The van der Waals surface area contributed by atoms with E-state index in [-0.39, 0.29) is 11.6 Å². The van der Waals surface area contributed by atoms with E-state index < -0.39 is 22.3 Å². The van der Waals surface area contributed by atoms with Crippen LogP contribution in [0.2, 0.25) is 0 Å². The first kappa shape index (κ1) is 14.0. The lowest BCUT2D eigenvalue weighted by molar-refractivity contribution is -0.385. The third-order valence-electron chi connectivity index (χ3n) is 2.29. The Bertz CT molecular complexity index is 463. The maximum absolute atomic E-state index is 12.9. The van der Waals surface area contributed by atoms with Gasteiger partial charge in [0.25, 0.3) is 11.6 Å². The number of halogens is 1. The van der Waals surface area contributed by atoms with Gasteiger partial charge in [-0.05, 0) is 25.5 Å². The number of carbonyl (C=O) groups excluding carboxylic acids is 1. The normalized spacial score (nSPS) is 11.9. The molecule has 6 nitrogen and oxygen atoms in total. The molecule has 1 aromatic rings. The van der Waals surface area contributed by atoms with Crippen molar-refractivity contribution in [3.8, 4) is 0 Å². The molecule has 7 heteroatoms. The van der Waals surface area contributed by atoms with Gasteiger partial charge in [-0.3, -0.25) is 14.9 Å². The summed E-state index contributed by atoms with van der Waals surface area (Å²) in [7, 11) is 0. The third-order valence-corrected chi connectivity index (χ3v) is 2.29. The highest BCUT2D eigenvalue weighted by Gasteiger charge is 2.20. The Morgan fingerprint density at radius 1 is 1.61 bits per heavy atom. The fourth-order valence-electron chi connectivity index (χ4n) is 1.36. The van der Waals surface area contributed by atoms with Crippen molar-refractivity contribution in [1.82, 2.24) is 5.32 Å². The van der Waals surface area contributed by atoms with Crippen molar-refractivity contribution in [3.63, 3.8) is 0 Å². The molecule has 1 aromatic carbocycles. The Labute approximate surface area is 103 Å². The van der Waals surface area contributed by atoms with Crippen molar-refractivity contribution >= 4 is 11.6 Å². The number of rotatable bonds is 5. The highest BCUT2D eigenvalue weighted by Crippen LogP contribution is 2.19. The molecule has 1 amide bonds. The minimum absolute atomic E-state index is 0.0755. The zero-order valence-electron chi connectivity index (χ0n) is 9.85. The first-order valence-corrected chi connectivity index (χ1v) is 5.39. The molecule has 0 radical (unpaired) electrons. The fraction of sp³-hybridized carbons (Fsp3) is 0.364. The maximum atomic E-state index is 12.9. The summed E-state index contributed by atoms with van der Waals surface area (Å²) in [5.41, 5.74) is 4.80. The summed E-state index contributed by atoms with van der Waals surface area (Å²) in [5, 5.41) is 13.2. The van der Waals surface area contributed by atoms with Crippen LogP contribution in [-0.2, 0) is 0 Å². The second kappa shape index (κ2) is 6.06. The van der Waals surface area contributed by atoms with Gasteiger partial charge in [-0.1, -0.05) is 0 Å². The van der Waals surface area contributed by atoms with Crippen LogP contribution >= 0.6 is 0 Å². The Balaban J connectivity index is 2.82. The van der Waals surface area contributed by atoms with E-state index in [0.29, 0.717) is 13.0 Å². The van der Waals surface area contributed by atoms with E-state index in [4.69, 9.17) is 5.73 Å². The lowest BCUT2D eigenvalue weighted by atomic mass is 10.1. The Kier molecular flexibility index (Phi) is 4.73. The quantitative estimate of drug-likeness (QED) is 0.610. The molecular weight excluding hydrogens is 241 g/mol. The van der Waals surface area contributed by atoms with Crippen LogP contribution in [0.25, 0.3) is 0 Å². The van der Waals surface area contributed by atoms with Gasteiger partial charge in [-0.2, -0.15) is 0 Å². The minimum Gasteiger partial charge on any atom is -0.352 e. The van der Waals surface area contributed by atoms with Crippen molar-refractivity contribution in [3.05, 3.63) is 39.7 Å². The predicted octanol–water partition coefficient (Wildman–Crippen LogP) is 1.20. The average molecular weight is 255 g/mol. The number of nitro groups is 1. The molecule has 0 aliphatic rings. The van der Waals surface area contributed by atoms with Crippen LogP contribution in [0.5, 0.6) is 0 Å². The molecule has 0 aliphatic carbocycles. The smallest absolute Gasteiger partial charge is 0.285 e. The van der Waals surface area contributed by atoms with Crippen LogP contribution in [0.15, 0.2) is 18.2 Å².